The van der Waals surface area contributed by atoms with Crippen LogP contribution in [0.1, 0.15) is 12.8 Å². The highest BCUT2D eigenvalue weighted by molar-refractivity contribution is 5.92. The van der Waals surface area contributed by atoms with E-state index in [2.05, 4.69) is 20.8 Å². The Hall–Kier alpha value is -2.67. The molecule has 7 nitrogen and oxygen atoms in total. The summed E-state index contributed by atoms with van der Waals surface area (Å²) in [4.78, 5) is 14.2. The molecular formula is C18H23N5O2. The van der Waals surface area contributed by atoms with E-state index < -0.39 is 0 Å². The van der Waals surface area contributed by atoms with Crippen LogP contribution in [0.4, 0.5) is 22.9 Å². The molecule has 0 aliphatic carbocycles. The van der Waals surface area contributed by atoms with Crippen molar-refractivity contribution in [3.8, 4) is 0 Å². The summed E-state index contributed by atoms with van der Waals surface area (Å²) in [5.74, 6) is 0.773. The number of nitrogens with zero attached hydrogens (tertiary/aromatic N) is 3. The molecule has 7 heteroatoms. The molecule has 1 amide bonds. The summed E-state index contributed by atoms with van der Waals surface area (Å²) in [5.41, 5.74) is 2.64. The third kappa shape index (κ3) is 4.67. The van der Waals surface area contributed by atoms with Gasteiger partial charge in [0.1, 0.15) is 0 Å². The van der Waals surface area contributed by atoms with Gasteiger partial charge in [0.15, 0.2) is 5.82 Å². The van der Waals surface area contributed by atoms with E-state index in [1.165, 1.54) is 0 Å². The quantitative estimate of drug-likeness (QED) is 0.870. The number of rotatable bonds is 5. The normalized spacial score (nSPS) is 14.8. The first-order valence-corrected chi connectivity index (χ1v) is 8.37. The minimum Gasteiger partial charge on any atom is -0.381 e. The highest BCUT2D eigenvalue weighted by atomic mass is 16.5. The van der Waals surface area contributed by atoms with Crippen LogP contribution < -0.4 is 15.5 Å². The minimum absolute atomic E-state index is 0.0376. The lowest BCUT2D eigenvalue weighted by molar-refractivity contribution is -0.122. The van der Waals surface area contributed by atoms with Crippen molar-refractivity contribution in [1.82, 2.24) is 10.2 Å². The monoisotopic (exact) mass is 341 g/mol. The van der Waals surface area contributed by atoms with E-state index >= 15 is 0 Å². The molecule has 1 aliphatic rings. The number of aromatic nitrogens is 2. The van der Waals surface area contributed by atoms with Crippen molar-refractivity contribution >= 4 is 28.8 Å². The third-order valence-electron chi connectivity index (χ3n) is 4.17. The van der Waals surface area contributed by atoms with Crippen LogP contribution >= 0.6 is 0 Å². The lowest BCUT2D eigenvalue weighted by atomic mass is 9.99. The number of hydrogen-bond acceptors (Lipinski definition) is 6. The number of hydrogen-bond donors (Lipinski definition) is 2. The molecule has 2 heterocycles. The van der Waals surface area contributed by atoms with E-state index in [1.807, 2.05) is 49.3 Å². The molecule has 0 atom stereocenters. The molecule has 132 valence electrons. The number of carbonyl (C=O) groups is 1. The van der Waals surface area contributed by atoms with Gasteiger partial charge < -0.3 is 20.3 Å². The first-order chi connectivity index (χ1) is 12.1. The molecule has 2 N–H and O–H groups in total. The van der Waals surface area contributed by atoms with Gasteiger partial charge >= 0.3 is 0 Å². The Morgan fingerprint density at radius 3 is 2.52 bits per heavy atom. The molecule has 1 saturated heterocycles. The standard InChI is InChI=1S/C18H23N5O2/c1-23(2)16-11-17(22-19-12-16)20-14-3-5-15(6-4-14)21-18(24)13-7-9-25-10-8-13/h3-6,11-13H,7-10H2,1-2H3,(H,20,22)(H,21,24). The number of anilines is 4. The van der Waals surface area contributed by atoms with Gasteiger partial charge in [0.25, 0.3) is 0 Å². The van der Waals surface area contributed by atoms with Gasteiger partial charge in [-0.25, -0.2) is 0 Å². The van der Waals surface area contributed by atoms with Crippen molar-refractivity contribution in [2.24, 2.45) is 5.92 Å². The molecule has 0 radical (unpaired) electrons. The Morgan fingerprint density at radius 2 is 1.84 bits per heavy atom. The summed E-state index contributed by atoms with van der Waals surface area (Å²) in [6.45, 7) is 1.32. The van der Waals surface area contributed by atoms with Gasteiger partial charge in [-0.15, -0.1) is 5.10 Å². The van der Waals surface area contributed by atoms with Crippen molar-refractivity contribution in [2.45, 2.75) is 12.8 Å². The average molecular weight is 341 g/mol. The molecule has 3 rings (SSSR count). The first-order valence-electron chi connectivity index (χ1n) is 8.37. The lowest BCUT2D eigenvalue weighted by Crippen LogP contribution is -2.28. The van der Waals surface area contributed by atoms with Gasteiger partial charge in [-0.1, -0.05) is 0 Å². The fraction of sp³-hybridized carbons (Fsp3) is 0.389. The van der Waals surface area contributed by atoms with Gasteiger partial charge in [-0.3, -0.25) is 4.79 Å². The van der Waals surface area contributed by atoms with Crippen molar-refractivity contribution in [1.29, 1.82) is 0 Å². The summed E-state index contributed by atoms with van der Waals surface area (Å²) in [7, 11) is 3.91. The van der Waals surface area contributed by atoms with Crippen molar-refractivity contribution in [3.63, 3.8) is 0 Å². The van der Waals surface area contributed by atoms with E-state index in [9.17, 15) is 4.79 Å². The molecule has 0 saturated carbocycles. The van der Waals surface area contributed by atoms with Gasteiger partial charge in [0.05, 0.1) is 11.9 Å². The second kappa shape index (κ2) is 7.94. The smallest absolute Gasteiger partial charge is 0.227 e. The predicted octanol–water partition coefficient (Wildman–Crippen LogP) is 2.65. The highest BCUT2D eigenvalue weighted by Crippen LogP contribution is 2.21. The minimum atomic E-state index is 0.0376. The fourth-order valence-corrected chi connectivity index (χ4v) is 2.65. The zero-order chi connectivity index (χ0) is 17.6. The molecule has 25 heavy (non-hydrogen) atoms. The first kappa shape index (κ1) is 17.2. The summed E-state index contributed by atoms with van der Waals surface area (Å²) < 4.78 is 5.29. The number of amides is 1. The average Bonchev–Trinajstić information content (AvgIpc) is 2.64. The Bertz CT molecular complexity index is 712. The van der Waals surface area contributed by atoms with E-state index in [4.69, 9.17) is 4.74 Å². The molecule has 1 aromatic heterocycles. The van der Waals surface area contributed by atoms with E-state index in [0.717, 1.165) is 29.9 Å². The molecule has 0 spiro atoms. The number of benzene rings is 1. The summed E-state index contributed by atoms with van der Waals surface area (Å²) in [6, 6.07) is 9.49. The maximum atomic E-state index is 12.2. The van der Waals surface area contributed by atoms with Crippen LogP contribution in [0.2, 0.25) is 0 Å². The Morgan fingerprint density at radius 1 is 1.16 bits per heavy atom. The van der Waals surface area contributed by atoms with Crippen LogP contribution in [0.3, 0.4) is 0 Å². The molecule has 0 unspecified atom stereocenters. The lowest BCUT2D eigenvalue weighted by Gasteiger charge is -2.21. The van der Waals surface area contributed by atoms with E-state index in [0.29, 0.717) is 19.0 Å². The molecule has 0 bridgehead atoms. The van der Waals surface area contributed by atoms with Crippen molar-refractivity contribution in [2.75, 3.05) is 42.8 Å². The van der Waals surface area contributed by atoms with Crippen molar-refractivity contribution < 1.29 is 9.53 Å². The second-order valence-corrected chi connectivity index (χ2v) is 6.27. The zero-order valence-electron chi connectivity index (χ0n) is 14.5. The zero-order valence-corrected chi connectivity index (χ0v) is 14.5. The maximum absolute atomic E-state index is 12.2. The van der Waals surface area contributed by atoms with Crippen LogP contribution in [0.25, 0.3) is 0 Å². The number of nitrogens with one attached hydrogen (secondary N) is 2. The van der Waals surface area contributed by atoms with Gasteiger partial charge in [0.2, 0.25) is 5.91 Å². The molecule has 2 aromatic rings. The number of ether oxygens (including phenoxy) is 1. The summed E-state index contributed by atoms with van der Waals surface area (Å²) in [5, 5.41) is 14.3. The van der Waals surface area contributed by atoms with Crippen LogP contribution in [0.15, 0.2) is 36.5 Å². The Labute approximate surface area is 147 Å². The second-order valence-electron chi connectivity index (χ2n) is 6.27. The fourth-order valence-electron chi connectivity index (χ4n) is 2.65. The van der Waals surface area contributed by atoms with Crippen molar-refractivity contribution in [3.05, 3.63) is 36.5 Å². The van der Waals surface area contributed by atoms with Crippen LogP contribution in [0, 0.1) is 5.92 Å². The number of carbonyl (C=O) groups excluding carboxylic acids is 1. The highest BCUT2D eigenvalue weighted by Gasteiger charge is 2.21. The largest absolute Gasteiger partial charge is 0.381 e. The van der Waals surface area contributed by atoms with Gasteiger partial charge in [-0.05, 0) is 37.1 Å². The van der Waals surface area contributed by atoms with Crippen LogP contribution in [0.5, 0.6) is 0 Å². The van der Waals surface area contributed by atoms with Gasteiger partial charge in [-0.2, -0.15) is 5.10 Å². The van der Waals surface area contributed by atoms with Crippen LogP contribution in [-0.4, -0.2) is 43.4 Å². The van der Waals surface area contributed by atoms with E-state index in [-0.39, 0.29) is 11.8 Å². The van der Waals surface area contributed by atoms with E-state index in [1.54, 1.807) is 6.20 Å². The molecule has 1 aromatic carbocycles. The third-order valence-corrected chi connectivity index (χ3v) is 4.17. The molecule has 1 fully saturated rings. The van der Waals surface area contributed by atoms with Crippen LogP contribution in [-0.2, 0) is 9.53 Å². The Balaban J connectivity index is 1.60. The summed E-state index contributed by atoms with van der Waals surface area (Å²) >= 11 is 0. The SMILES string of the molecule is CN(C)c1cnnc(Nc2ccc(NC(=O)C3CCOCC3)cc2)c1. The topological polar surface area (TPSA) is 79.4 Å². The molecule has 1 aliphatic heterocycles. The molecular weight excluding hydrogens is 318 g/mol. The maximum Gasteiger partial charge on any atom is 0.227 e. The summed E-state index contributed by atoms with van der Waals surface area (Å²) in [6.07, 6.45) is 3.28. The Kier molecular flexibility index (Phi) is 5.45. The predicted molar refractivity (Wildman–Crippen MR) is 98.3 cm³/mol. The van der Waals surface area contributed by atoms with Gasteiger partial charge in [0, 0.05) is 50.7 Å².